The molecule has 0 radical (unpaired) electrons. The van der Waals surface area contributed by atoms with Crippen molar-refractivity contribution < 1.29 is 14.3 Å². The predicted molar refractivity (Wildman–Crippen MR) is 83.2 cm³/mol. The molecule has 0 atom stereocenters. The minimum atomic E-state index is 0.0330. The summed E-state index contributed by atoms with van der Waals surface area (Å²) in [7, 11) is 1.62. The smallest absolute Gasteiger partial charge is 0.159 e. The van der Waals surface area contributed by atoms with Gasteiger partial charge in [-0.15, -0.1) is 0 Å². The molecule has 2 aromatic rings. The van der Waals surface area contributed by atoms with Gasteiger partial charge >= 0.3 is 0 Å². The van der Waals surface area contributed by atoms with E-state index in [1.165, 1.54) is 0 Å². The number of methoxy groups -OCH3 is 1. The molecule has 2 aromatic carbocycles. The monoisotopic (exact) mass is 284 g/mol. The van der Waals surface area contributed by atoms with E-state index in [-0.39, 0.29) is 5.78 Å². The first-order valence-electron chi connectivity index (χ1n) is 6.89. The third-order valence-electron chi connectivity index (χ3n) is 3.41. The molecule has 0 saturated heterocycles. The van der Waals surface area contributed by atoms with E-state index in [0.717, 1.165) is 28.2 Å². The fourth-order valence-corrected chi connectivity index (χ4v) is 2.13. The maximum absolute atomic E-state index is 11.5. The minimum Gasteiger partial charge on any atom is -0.496 e. The third kappa shape index (κ3) is 3.63. The molecule has 0 aliphatic heterocycles. The average Bonchev–Trinajstić information content (AvgIpc) is 2.47. The molecule has 0 aliphatic rings. The number of hydrogen-bond acceptors (Lipinski definition) is 3. The van der Waals surface area contributed by atoms with E-state index in [0.29, 0.717) is 12.2 Å². The summed E-state index contributed by atoms with van der Waals surface area (Å²) >= 11 is 0. The molecule has 3 nitrogen and oxygen atoms in total. The Labute approximate surface area is 125 Å². The second-order valence-corrected chi connectivity index (χ2v) is 5.14. The van der Waals surface area contributed by atoms with Gasteiger partial charge < -0.3 is 9.47 Å². The Bertz CT molecular complexity index is 660. The van der Waals surface area contributed by atoms with Gasteiger partial charge in [-0.3, -0.25) is 4.79 Å². The number of carbonyl (C=O) groups is 1. The fourth-order valence-electron chi connectivity index (χ4n) is 2.13. The Hall–Kier alpha value is -2.29. The zero-order valence-electron chi connectivity index (χ0n) is 12.9. The van der Waals surface area contributed by atoms with Crippen LogP contribution in [0.25, 0.3) is 0 Å². The molecule has 0 spiro atoms. The Morgan fingerprint density at radius 1 is 1.05 bits per heavy atom. The van der Waals surface area contributed by atoms with E-state index in [2.05, 4.69) is 6.07 Å². The number of aryl methyl sites for hydroxylation is 2. The van der Waals surface area contributed by atoms with Gasteiger partial charge in [0.25, 0.3) is 0 Å². The number of Topliss-reactive ketones (excluding diaryl/α,β-unsaturated/α-hetero) is 1. The van der Waals surface area contributed by atoms with Crippen molar-refractivity contribution in [3.63, 3.8) is 0 Å². The Morgan fingerprint density at radius 2 is 1.81 bits per heavy atom. The van der Waals surface area contributed by atoms with Crippen LogP contribution < -0.4 is 9.47 Å². The van der Waals surface area contributed by atoms with Crippen molar-refractivity contribution in [2.75, 3.05) is 7.11 Å². The normalized spacial score (nSPS) is 10.3. The highest BCUT2D eigenvalue weighted by Crippen LogP contribution is 2.24. The highest BCUT2D eigenvalue weighted by Gasteiger charge is 2.09. The molecule has 0 amide bonds. The van der Waals surface area contributed by atoms with Crippen LogP contribution in [0.2, 0.25) is 0 Å². The lowest BCUT2D eigenvalue weighted by Crippen LogP contribution is -2.02. The number of ether oxygens (including phenoxy) is 2. The van der Waals surface area contributed by atoms with Crippen molar-refractivity contribution >= 4 is 5.78 Å². The van der Waals surface area contributed by atoms with Crippen LogP contribution in [0.3, 0.4) is 0 Å². The average molecular weight is 284 g/mol. The van der Waals surface area contributed by atoms with E-state index in [1.807, 2.05) is 32.0 Å². The molecule has 0 bridgehead atoms. The standard InChI is InChI=1S/C18H20O3/c1-12-5-6-13(2)18(9-12)21-11-16-10-15(14(3)19)7-8-17(16)20-4/h5-10H,11H2,1-4H3. The number of ketones is 1. The van der Waals surface area contributed by atoms with Crippen molar-refractivity contribution in [2.45, 2.75) is 27.4 Å². The molecule has 0 N–H and O–H groups in total. The highest BCUT2D eigenvalue weighted by molar-refractivity contribution is 5.94. The summed E-state index contributed by atoms with van der Waals surface area (Å²) in [6.45, 7) is 5.97. The predicted octanol–water partition coefficient (Wildman–Crippen LogP) is 4.09. The summed E-state index contributed by atoms with van der Waals surface area (Å²) in [6, 6.07) is 11.5. The number of benzene rings is 2. The van der Waals surface area contributed by atoms with Crippen LogP contribution in [-0.2, 0) is 6.61 Å². The summed E-state index contributed by atoms with van der Waals surface area (Å²) < 4.78 is 11.2. The van der Waals surface area contributed by atoms with Gasteiger partial charge in [-0.1, -0.05) is 12.1 Å². The lowest BCUT2D eigenvalue weighted by Gasteiger charge is -2.13. The van der Waals surface area contributed by atoms with E-state index in [1.54, 1.807) is 26.2 Å². The van der Waals surface area contributed by atoms with Gasteiger partial charge in [0.2, 0.25) is 0 Å². The first-order chi connectivity index (χ1) is 10.0. The van der Waals surface area contributed by atoms with Crippen LogP contribution in [0, 0.1) is 13.8 Å². The van der Waals surface area contributed by atoms with Gasteiger partial charge in [0.15, 0.2) is 5.78 Å². The summed E-state index contributed by atoms with van der Waals surface area (Å²) in [5, 5.41) is 0. The zero-order chi connectivity index (χ0) is 15.4. The Morgan fingerprint density at radius 3 is 2.48 bits per heavy atom. The van der Waals surface area contributed by atoms with Crippen molar-refractivity contribution in [1.82, 2.24) is 0 Å². The van der Waals surface area contributed by atoms with E-state index >= 15 is 0 Å². The molecule has 3 heteroatoms. The molecule has 0 aromatic heterocycles. The molecule has 110 valence electrons. The van der Waals surface area contributed by atoms with Crippen LogP contribution in [0.5, 0.6) is 11.5 Å². The van der Waals surface area contributed by atoms with Crippen molar-refractivity contribution in [3.05, 3.63) is 58.7 Å². The maximum atomic E-state index is 11.5. The van der Waals surface area contributed by atoms with Crippen LogP contribution in [0.15, 0.2) is 36.4 Å². The molecule has 0 unspecified atom stereocenters. The molecule has 0 heterocycles. The van der Waals surface area contributed by atoms with Crippen molar-refractivity contribution in [1.29, 1.82) is 0 Å². The first-order valence-corrected chi connectivity index (χ1v) is 6.89. The summed E-state index contributed by atoms with van der Waals surface area (Å²) in [4.78, 5) is 11.5. The van der Waals surface area contributed by atoms with Gasteiger partial charge in [-0.25, -0.2) is 0 Å². The lowest BCUT2D eigenvalue weighted by molar-refractivity contribution is 0.101. The van der Waals surface area contributed by atoms with Gasteiger partial charge in [0.05, 0.1) is 7.11 Å². The van der Waals surface area contributed by atoms with Crippen molar-refractivity contribution in [2.24, 2.45) is 0 Å². The molecule has 0 fully saturated rings. The number of rotatable bonds is 5. The van der Waals surface area contributed by atoms with E-state index in [4.69, 9.17) is 9.47 Å². The Balaban J connectivity index is 2.24. The third-order valence-corrected chi connectivity index (χ3v) is 3.41. The van der Waals surface area contributed by atoms with E-state index in [9.17, 15) is 4.79 Å². The summed E-state index contributed by atoms with van der Waals surface area (Å²) in [5.41, 5.74) is 3.77. The molecular weight excluding hydrogens is 264 g/mol. The molecule has 0 saturated carbocycles. The fraction of sp³-hybridized carbons (Fsp3) is 0.278. The maximum Gasteiger partial charge on any atom is 0.159 e. The van der Waals surface area contributed by atoms with Crippen LogP contribution in [-0.4, -0.2) is 12.9 Å². The van der Waals surface area contributed by atoms with Gasteiger partial charge in [-0.2, -0.15) is 0 Å². The molecular formula is C18H20O3. The number of hydrogen-bond donors (Lipinski definition) is 0. The SMILES string of the molecule is COc1ccc(C(C)=O)cc1COc1cc(C)ccc1C. The second kappa shape index (κ2) is 6.44. The Kier molecular flexibility index (Phi) is 4.63. The van der Waals surface area contributed by atoms with Crippen LogP contribution in [0.1, 0.15) is 34.0 Å². The summed E-state index contributed by atoms with van der Waals surface area (Å²) in [5.74, 6) is 1.61. The van der Waals surface area contributed by atoms with Gasteiger partial charge in [0.1, 0.15) is 18.1 Å². The molecule has 2 rings (SSSR count). The van der Waals surface area contributed by atoms with Gasteiger partial charge in [0, 0.05) is 11.1 Å². The zero-order valence-corrected chi connectivity index (χ0v) is 12.9. The second-order valence-electron chi connectivity index (χ2n) is 5.14. The van der Waals surface area contributed by atoms with Crippen LogP contribution >= 0.6 is 0 Å². The van der Waals surface area contributed by atoms with Crippen LogP contribution in [0.4, 0.5) is 0 Å². The van der Waals surface area contributed by atoms with E-state index < -0.39 is 0 Å². The quantitative estimate of drug-likeness (QED) is 0.776. The highest BCUT2D eigenvalue weighted by atomic mass is 16.5. The number of carbonyl (C=O) groups excluding carboxylic acids is 1. The summed E-state index contributed by atoms with van der Waals surface area (Å²) in [6.07, 6.45) is 0. The lowest BCUT2D eigenvalue weighted by atomic mass is 10.1. The minimum absolute atomic E-state index is 0.0330. The van der Waals surface area contributed by atoms with Gasteiger partial charge in [-0.05, 0) is 56.2 Å². The molecule has 21 heavy (non-hydrogen) atoms. The molecule has 0 aliphatic carbocycles. The first kappa shape index (κ1) is 15.1. The topological polar surface area (TPSA) is 35.5 Å². The largest absolute Gasteiger partial charge is 0.496 e. The van der Waals surface area contributed by atoms with Crippen molar-refractivity contribution in [3.8, 4) is 11.5 Å².